The summed E-state index contributed by atoms with van der Waals surface area (Å²) in [5.41, 5.74) is 3.44. The second-order valence-electron chi connectivity index (χ2n) is 4.33. The molecule has 0 aliphatic heterocycles. The molecule has 1 aromatic carbocycles. The first-order chi connectivity index (χ1) is 10.6. The summed E-state index contributed by atoms with van der Waals surface area (Å²) in [5, 5.41) is 12.8. The minimum Gasteiger partial charge on any atom is -0.447 e. The third kappa shape index (κ3) is 4.76. The molecular formula is C15H12BrN3O2S. The van der Waals surface area contributed by atoms with E-state index in [0.717, 1.165) is 9.37 Å². The van der Waals surface area contributed by atoms with Crippen LogP contribution in [0.4, 0.5) is 0 Å². The van der Waals surface area contributed by atoms with Crippen molar-refractivity contribution in [2.45, 2.75) is 23.3 Å². The Hall–Kier alpha value is -2.04. The number of aryl methyl sites for hydroxylation is 1. The smallest absolute Gasteiger partial charge is 0.254 e. The Morgan fingerprint density at radius 3 is 2.91 bits per heavy atom. The van der Waals surface area contributed by atoms with Crippen LogP contribution in [0.5, 0.6) is 0 Å². The lowest BCUT2D eigenvalue weighted by Crippen LogP contribution is -2.15. The number of benzene rings is 1. The van der Waals surface area contributed by atoms with E-state index in [-0.39, 0.29) is 6.42 Å². The van der Waals surface area contributed by atoms with Crippen molar-refractivity contribution in [3.05, 3.63) is 46.1 Å². The first-order valence-electron chi connectivity index (χ1n) is 6.31. The van der Waals surface area contributed by atoms with Crippen LogP contribution in [0.3, 0.4) is 0 Å². The molecule has 1 N–H and O–H groups in total. The predicted octanol–water partition coefficient (Wildman–Crippen LogP) is 3.87. The van der Waals surface area contributed by atoms with E-state index >= 15 is 0 Å². The fourth-order valence-electron chi connectivity index (χ4n) is 1.49. The molecule has 7 heteroatoms. The number of rotatable bonds is 5. The van der Waals surface area contributed by atoms with Crippen LogP contribution in [0.1, 0.15) is 17.7 Å². The molecule has 5 nitrogen and oxygen atoms in total. The number of furan rings is 1. The van der Waals surface area contributed by atoms with Crippen molar-refractivity contribution in [3.8, 4) is 6.07 Å². The van der Waals surface area contributed by atoms with E-state index in [1.165, 1.54) is 23.5 Å². The lowest BCUT2D eigenvalue weighted by atomic mass is 10.2. The number of halogens is 1. The van der Waals surface area contributed by atoms with Crippen LogP contribution in [0, 0.1) is 18.3 Å². The van der Waals surface area contributed by atoms with E-state index in [2.05, 4.69) is 26.5 Å². The number of hydrogen-bond acceptors (Lipinski definition) is 5. The highest BCUT2D eigenvalue weighted by Crippen LogP contribution is 2.35. The molecule has 0 bridgehead atoms. The van der Waals surface area contributed by atoms with E-state index in [1.807, 2.05) is 31.2 Å². The number of hydrogen-bond donors (Lipinski definition) is 1. The number of amides is 1. The minimum absolute atomic E-state index is 0.228. The van der Waals surface area contributed by atoms with Gasteiger partial charge < -0.3 is 4.42 Å². The zero-order chi connectivity index (χ0) is 15.9. The van der Waals surface area contributed by atoms with Gasteiger partial charge in [-0.1, -0.05) is 29.5 Å². The molecule has 2 aromatic rings. The second-order valence-corrected chi connectivity index (χ2v) is 6.23. The first-order valence-corrected chi connectivity index (χ1v) is 7.92. The molecule has 0 aliphatic rings. The molecule has 0 fully saturated rings. The maximum atomic E-state index is 11.1. The summed E-state index contributed by atoms with van der Waals surface area (Å²) in [6, 6.07) is 11.6. The average molecular weight is 378 g/mol. The van der Waals surface area contributed by atoms with Gasteiger partial charge in [0, 0.05) is 11.0 Å². The maximum absolute atomic E-state index is 11.1. The number of hydrazone groups is 1. The summed E-state index contributed by atoms with van der Waals surface area (Å²) in [4.78, 5) is 12.1. The first kappa shape index (κ1) is 16.3. The highest BCUT2D eigenvalue weighted by Gasteiger charge is 2.09. The number of nitrogens with one attached hydrogen (secondary N) is 1. The molecule has 0 unspecified atom stereocenters. The normalized spacial score (nSPS) is 10.6. The second kappa shape index (κ2) is 7.82. The number of carbonyl (C=O) groups is 1. The highest BCUT2D eigenvalue weighted by molar-refractivity contribution is 9.10. The summed E-state index contributed by atoms with van der Waals surface area (Å²) in [6.07, 6.45) is 1.16. The minimum atomic E-state index is -0.460. The van der Waals surface area contributed by atoms with Crippen molar-refractivity contribution in [1.29, 1.82) is 5.26 Å². The summed E-state index contributed by atoms with van der Waals surface area (Å²) < 4.78 is 6.45. The molecular weight excluding hydrogens is 366 g/mol. The van der Waals surface area contributed by atoms with Gasteiger partial charge in [-0.2, -0.15) is 10.4 Å². The Labute approximate surface area is 140 Å². The van der Waals surface area contributed by atoms with Crippen molar-refractivity contribution in [2.24, 2.45) is 5.10 Å². The predicted molar refractivity (Wildman–Crippen MR) is 87.7 cm³/mol. The third-order valence-electron chi connectivity index (χ3n) is 2.53. The standard InChI is InChI=1S/C15H12BrN3O2S/c1-10-2-4-12(5-3-10)22-15-13(16)8-11(21-15)9-18-19-14(20)6-7-17/h2-5,8-9H,6H2,1H3,(H,19,20)/b18-9+. The largest absolute Gasteiger partial charge is 0.447 e. The Kier molecular flexibility index (Phi) is 5.81. The molecule has 1 amide bonds. The summed E-state index contributed by atoms with van der Waals surface area (Å²) in [5.74, 6) is 0.0392. The molecule has 1 aromatic heterocycles. The molecule has 0 radical (unpaired) electrons. The van der Waals surface area contributed by atoms with Crippen molar-refractivity contribution in [2.75, 3.05) is 0 Å². The lowest BCUT2D eigenvalue weighted by Gasteiger charge is -1.99. The van der Waals surface area contributed by atoms with Gasteiger partial charge >= 0.3 is 0 Å². The topological polar surface area (TPSA) is 78.4 Å². The van der Waals surface area contributed by atoms with Crippen LogP contribution in [0.15, 0.2) is 54.3 Å². The van der Waals surface area contributed by atoms with Crippen molar-refractivity contribution in [3.63, 3.8) is 0 Å². The van der Waals surface area contributed by atoms with Crippen molar-refractivity contribution >= 4 is 39.8 Å². The van der Waals surface area contributed by atoms with Gasteiger partial charge in [-0.3, -0.25) is 4.79 Å². The summed E-state index contributed by atoms with van der Waals surface area (Å²) in [7, 11) is 0. The summed E-state index contributed by atoms with van der Waals surface area (Å²) >= 11 is 4.91. The maximum Gasteiger partial charge on any atom is 0.254 e. The average Bonchev–Trinajstić information content (AvgIpc) is 2.82. The molecule has 0 saturated heterocycles. The molecule has 112 valence electrons. The number of nitriles is 1. The Balaban J connectivity index is 2.02. The highest BCUT2D eigenvalue weighted by atomic mass is 79.9. The molecule has 22 heavy (non-hydrogen) atoms. The molecule has 0 saturated carbocycles. The fraction of sp³-hybridized carbons (Fsp3) is 0.133. The van der Waals surface area contributed by atoms with Crippen LogP contribution in [-0.4, -0.2) is 12.1 Å². The SMILES string of the molecule is Cc1ccc(Sc2oc(/C=N/NC(=O)CC#N)cc2Br)cc1. The van der Waals surface area contributed by atoms with Gasteiger partial charge in [-0.05, 0) is 35.0 Å². The molecule has 0 aliphatic carbocycles. The molecule has 0 atom stereocenters. The van der Waals surface area contributed by atoms with Gasteiger partial charge in [0.1, 0.15) is 12.2 Å². The van der Waals surface area contributed by atoms with E-state index in [4.69, 9.17) is 9.68 Å². The molecule has 1 heterocycles. The lowest BCUT2D eigenvalue weighted by molar-refractivity contribution is -0.120. The fourth-order valence-corrected chi connectivity index (χ4v) is 2.82. The van der Waals surface area contributed by atoms with E-state index in [0.29, 0.717) is 10.9 Å². The Morgan fingerprint density at radius 1 is 1.50 bits per heavy atom. The van der Waals surface area contributed by atoms with E-state index in [9.17, 15) is 4.79 Å². The monoisotopic (exact) mass is 377 g/mol. The quantitative estimate of drug-likeness (QED) is 0.633. The van der Waals surface area contributed by atoms with Crippen molar-refractivity contribution in [1.82, 2.24) is 5.43 Å². The van der Waals surface area contributed by atoms with Gasteiger partial charge in [-0.15, -0.1) is 0 Å². The van der Waals surface area contributed by atoms with Crippen LogP contribution in [0.2, 0.25) is 0 Å². The molecule has 2 rings (SSSR count). The van der Waals surface area contributed by atoms with Gasteiger partial charge in [0.25, 0.3) is 5.91 Å². The van der Waals surface area contributed by atoms with Crippen LogP contribution >= 0.6 is 27.7 Å². The van der Waals surface area contributed by atoms with Crippen LogP contribution in [-0.2, 0) is 4.79 Å². The van der Waals surface area contributed by atoms with Crippen LogP contribution < -0.4 is 5.43 Å². The zero-order valence-corrected chi connectivity index (χ0v) is 14.1. The van der Waals surface area contributed by atoms with Crippen LogP contribution in [0.25, 0.3) is 0 Å². The van der Waals surface area contributed by atoms with E-state index in [1.54, 1.807) is 12.1 Å². The van der Waals surface area contributed by atoms with Crippen molar-refractivity contribution < 1.29 is 9.21 Å². The number of nitrogens with zero attached hydrogens (tertiary/aromatic N) is 2. The number of carbonyl (C=O) groups excluding carboxylic acids is 1. The zero-order valence-electron chi connectivity index (χ0n) is 11.7. The third-order valence-corrected chi connectivity index (χ3v) is 4.37. The Morgan fingerprint density at radius 2 is 2.23 bits per heavy atom. The van der Waals surface area contributed by atoms with E-state index < -0.39 is 5.91 Å². The van der Waals surface area contributed by atoms with Gasteiger partial charge in [0.15, 0.2) is 5.09 Å². The van der Waals surface area contributed by atoms with Gasteiger partial charge in [-0.25, -0.2) is 5.43 Å². The molecule has 0 spiro atoms. The Bertz CT molecular complexity index is 732. The van der Waals surface area contributed by atoms with Gasteiger partial charge in [0.05, 0.1) is 16.8 Å². The summed E-state index contributed by atoms with van der Waals surface area (Å²) in [6.45, 7) is 2.03. The van der Waals surface area contributed by atoms with Gasteiger partial charge in [0.2, 0.25) is 0 Å².